The van der Waals surface area contributed by atoms with E-state index in [0.29, 0.717) is 37.0 Å². The molecule has 4 unspecified atom stereocenters. The lowest BCUT2D eigenvalue weighted by atomic mass is 9.41. The molecule has 0 aromatic rings. The third kappa shape index (κ3) is 3.63. The van der Waals surface area contributed by atoms with Gasteiger partial charge in [-0.3, -0.25) is 0 Å². The van der Waals surface area contributed by atoms with Crippen LogP contribution in [0.25, 0.3) is 0 Å². The van der Waals surface area contributed by atoms with Crippen LogP contribution >= 0.6 is 0 Å². The van der Waals surface area contributed by atoms with Gasteiger partial charge in [0.15, 0.2) is 0 Å². The maximum atomic E-state index is 11.6. The van der Waals surface area contributed by atoms with Gasteiger partial charge in [0.25, 0.3) is 0 Å². The Morgan fingerprint density at radius 1 is 0.935 bits per heavy atom. The van der Waals surface area contributed by atoms with Crippen LogP contribution in [0.2, 0.25) is 0 Å². The van der Waals surface area contributed by atoms with Crippen LogP contribution in [0.5, 0.6) is 0 Å². The summed E-state index contributed by atoms with van der Waals surface area (Å²) in [5.74, 6) is 2.86. The minimum atomic E-state index is -1.29. The Kier molecular flexibility index (Phi) is 6.38. The number of rotatable bonds is 5. The summed E-state index contributed by atoms with van der Waals surface area (Å²) in [5, 5.41) is 44.6. The molecule has 4 rings (SSSR count). The molecule has 4 nitrogen and oxygen atoms in total. The van der Waals surface area contributed by atoms with E-state index in [1.165, 1.54) is 32.1 Å². The molecule has 180 valence electrons. The average molecular weight is 437 g/mol. The number of hydrogen-bond acceptors (Lipinski definition) is 4. The highest BCUT2D eigenvalue weighted by atomic mass is 16.3. The SMILES string of the molecule is CC(C)CCCC(C)C1CCC2C3C[C@@H](O)[C@@]4(O)C[C@@H](O)CC[C@]4(C)[C@H]3[C@@H](O)C[C@]12C. The Balaban J connectivity index is 1.58. The van der Waals surface area contributed by atoms with Crippen LogP contribution in [-0.2, 0) is 0 Å². The van der Waals surface area contributed by atoms with Gasteiger partial charge in [-0.15, -0.1) is 0 Å². The molecule has 4 fully saturated rings. The lowest BCUT2D eigenvalue weighted by molar-refractivity contribution is -0.282. The molecule has 11 atom stereocenters. The van der Waals surface area contributed by atoms with Crippen molar-refractivity contribution in [3.05, 3.63) is 0 Å². The van der Waals surface area contributed by atoms with Gasteiger partial charge in [0.05, 0.1) is 23.9 Å². The van der Waals surface area contributed by atoms with Gasteiger partial charge >= 0.3 is 0 Å². The second-order valence-corrected chi connectivity index (χ2v) is 13.0. The van der Waals surface area contributed by atoms with Crippen molar-refractivity contribution in [2.75, 3.05) is 0 Å². The van der Waals surface area contributed by atoms with Crippen molar-refractivity contribution < 1.29 is 20.4 Å². The average Bonchev–Trinajstić information content (AvgIpc) is 3.00. The highest BCUT2D eigenvalue weighted by molar-refractivity contribution is 5.19. The monoisotopic (exact) mass is 436 g/mol. The van der Waals surface area contributed by atoms with Crippen molar-refractivity contribution in [2.45, 2.75) is 123 Å². The van der Waals surface area contributed by atoms with E-state index in [1.807, 2.05) is 0 Å². The molecule has 4 aliphatic rings. The van der Waals surface area contributed by atoms with Gasteiger partial charge in [-0.05, 0) is 79.4 Å². The summed E-state index contributed by atoms with van der Waals surface area (Å²) in [5.41, 5.74) is -1.70. The van der Waals surface area contributed by atoms with Crippen molar-refractivity contribution in [2.24, 2.45) is 46.3 Å². The Labute approximate surface area is 189 Å². The third-order valence-corrected chi connectivity index (χ3v) is 11.0. The molecule has 0 bridgehead atoms. The van der Waals surface area contributed by atoms with E-state index in [0.717, 1.165) is 12.3 Å². The van der Waals surface area contributed by atoms with Crippen LogP contribution in [0.3, 0.4) is 0 Å². The van der Waals surface area contributed by atoms with E-state index in [2.05, 4.69) is 34.6 Å². The maximum absolute atomic E-state index is 11.6. The van der Waals surface area contributed by atoms with Crippen molar-refractivity contribution in [1.29, 1.82) is 0 Å². The van der Waals surface area contributed by atoms with Crippen LogP contribution in [0.4, 0.5) is 0 Å². The molecular formula is C27H48O4. The van der Waals surface area contributed by atoms with Gasteiger partial charge in [-0.2, -0.15) is 0 Å². The zero-order valence-electron chi connectivity index (χ0n) is 20.6. The Morgan fingerprint density at radius 3 is 2.32 bits per heavy atom. The molecule has 4 heteroatoms. The van der Waals surface area contributed by atoms with Crippen LogP contribution in [-0.4, -0.2) is 44.3 Å². The van der Waals surface area contributed by atoms with Crippen LogP contribution in [0.1, 0.15) is 98.8 Å². The summed E-state index contributed by atoms with van der Waals surface area (Å²) in [6, 6.07) is 0. The van der Waals surface area contributed by atoms with E-state index < -0.39 is 29.3 Å². The second kappa shape index (κ2) is 8.25. The largest absolute Gasteiger partial charge is 0.393 e. The van der Waals surface area contributed by atoms with Crippen LogP contribution in [0, 0.1) is 46.3 Å². The summed E-state index contributed by atoms with van der Waals surface area (Å²) in [7, 11) is 0. The lowest BCUT2D eigenvalue weighted by Gasteiger charge is -2.66. The summed E-state index contributed by atoms with van der Waals surface area (Å²) in [6.45, 7) is 11.5. The third-order valence-electron chi connectivity index (χ3n) is 11.0. The van der Waals surface area contributed by atoms with E-state index in [4.69, 9.17) is 0 Å². The van der Waals surface area contributed by atoms with E-state index in [9.17, 15) is 20.4 Å². The molecular weight excluding hydrogens is 388 g/mol. The predicted molar refractivity (Wildman–Crippen MR) is 123 cm³/mol. The summed E-state index contributed by atoms with van der Waals surface area (Å²) < 4.78 is 0. The second-order valence-electron chi connectivity index (χ2n) is 13.0. The van der Waals surface area contributed by atoms with Gasteiger partial charge in [0, 0.05) is 11.8 Å². The Morgan fingerprint density at radius 2 is 1.65 bits per heavy atom. The molecule has 0 aliphatic heterocycles. The van der Waals surface area contributed by atoms with Crippen LogP contribution in [0.15, 0.2) is 0 Å². The zero-order chi connectivity index (χ0) is 22.8. The molecule has 4 aliphatic carbocycles. The number of aliphatic hydroxyl groups is 4. The van der Waals surface area contributed by atoms with Gasteiger partial charge in [-0.25, -0.2) is 0 Å². The van der Waals surface area contributed by atoms with Gasteiger partial charge in [0.2, 0.25) is 0 Å². The molecule has 0 saturated heterocycles. The van der Waals surface area contributed by atoms with Crippen molar-refractivity contribution >= 4 is 0 Å². The number of hydrogen-bond donors (Lipinski definition) is 4. The smallest absolute Gasteiger partial charge is 0.0986 e. The highest BCUT2D eigenvalue weighted by Crippen LogP contribution is 2.69. The van der Waals surface area contributed by atoms with Gasteiger partial charge < -0.3 is 20.4 Å². The molecule has 0 heterocycles. The normalized spacial score (nSPS) is 53.0. The fourth-order valence-corrected chi connectivity index (χ4v) is 9.41. The van der Waals surface area contributed by atoms with E-state index in [1.54, 1.807) is 0 Å². The first-order valence-corrected chi connectivity index (χ1v) is 13.2. The van der Waals surface area contributed by atoms with Gasteiger partial charge in [-0.1, -0.05) is 53.9 Å². The molecule has 0 radical (unpaired) electrons. The van der Waals surface area contributed by atoms with Crippen molar-refractivity contribution in [1.82, 2.24) is 0 Å². The molecule has 4 N–H and O–H groups in total. The highest BCUT2D eigenvalue weighted by Gasteiger charge is 2.69. The first-order valence-electron chi connectivity index (χ1n) is 13.2. The summed E-state index contributed by atoms with van der Waals surface area (Å²) in [4.78, 5) is 0. The quantitative estimate of drug-likeness (QED) is 0.511. The minimum Gasteiger partial charge on any atom is -0.393 e. The molecule has 31 heavy (non-hydrogen) atoms. The van der Waals surface area contributed by atoms with Crippen molar-refractivity contribution in [3.8, 4) is 0 Å². The fraction of sp³-hybridized carbons (Fsp3) is 1.00. The number of aliphatic hydroxyl groups excluding tert-OH is 3. The lowest BCUT2D eigenvalue weighted by Crippen LogP contribution is -2.71. The Hall–Kier alpha value is -0.160. The molecule has 0 aromatic carbocycles. The number of fused-ring (bicyclic) bond motifs is 5. The predicted octanol–water partition coefficient (Wildman–Crippen LogP) is 4.53. The summed E-state index contributed by atoms with van der Waals surface area (Å²) in [6.07, 6.45) is 7.41. The zero-order valence-corrected chi connectivity index (χ0v) is 20.6. The minimum absolute atomic E-state index is 0.0153. The maximum Gasteiger partial charge on any atom is 0.0986 e. The topological polar surface area (TPSA) is 80.9 Å². The fourth-order valence-electron chi connectivity index (χ4n) is 9.41. The van der Waals surface area contributed by atoms with E-state index in [-0.39, 0.29) is 23.7 Å². The first-order chi connectivity index (χ1) is 14.4. The molecule has 0 amide bonds. The summed E-state index contributed by atoms with van der Waals surface area (Å²) >= 11 is 0. The Bertz CT molecular complexity index is 651. The molecule has 0 aromatic heterocycles. The van der Waals surface area contributed by atoms with E-state index >= 15 is 0 Å². The standard InChI is InChI=1S/C27H48O4/c1-16(2)7-6-8-17(3)20-9-10-21-19-13-23(30)27(31)14-18(28)11-12-26(27,5)24(19)22(29)15-25(20,21)4/h16-24,28-31H,6-15H2,1-5H3/t17?,18-,19?,20?,21?,22-,23+,24+,25+,26+,27-/m0/s1. The molecule has 0 spiro atoms. The molecule has 4 saturated carbocycles. The first kappa shape index (κ1) is 24.0. The van der Waals surface area contributed by atoms with Crippen molar-refractivity contribution in [3.63, 3.8) is 0 Å². The van der Waals surface area contributed by atoms with Gasteiger partial charge in [0.1, 0.15) is 0 Å². The van der Waals surface area contributed by atoms with Crippen LogP contribution < -0.4 is 0 Å².